The van der Waals surface area contributed by atoms with Crippen LogP contribution < -0.4 is 0 Å². The van der Waals surface area contributed by atoms with Gasteiger partial charge in [-0.05, 0) is 37.3 Å². The van der Waals surface area contributed by atoms with Gasteiger partial charge in [0.05, 0.1) is 0 Å². The molecule has 0 spiro atoms. The Morgan fingerprint density at radius 1 is 1.25 bits per heavy atom. The van der Waals surface area contributed by atoms with Gasteiger partial charge >= 0.3 is 0 Å². The van der Waals surface area contributed by atoms with Gasteiger partial charge in [-0.2, -0.15) is 0 Å². The number of rotatable bonds is 1. The Morgan fingerprint density at radius 2 is 2.00 bits per heavy atom. The Labute approximate surface area is 73.1 Å². The Kier molecular flexibility index (Phi) is 1.94. The average Bonchev–Trinajstić information content (AvgIpc) is 2.58. The summed E-state index contributed by atoms with van der Waals surface area (Å²) in [4.78, 5) is 4.30. The number of allylic oxidation sites excluding steroid dienone is 2. The van der Waals surface area contributed by atoms with E-state index in [4.69, 9.17) is 0 Å². The molecule has 0 amide bonds. The fraction of sp³-hybridized carbons (Fsp3) is 0.364. The van der Waals surface area contributed by atoms with E-state index in [0.717, 1.165) is 5.69 Å². The van der Waals surface area contributed by atoms with E-state index in [9.17, 15) is 0 Å². The highest BCUT2D eigenvalue weighted by Gasteiger charge is 2.12. The van der Waals surface area contributed by atoms with Crippen LogP contribution in [0, 0.1) is 6.92 Å². The van der Waals surface area contributed by atoms with Crippen LogP contribution in [0.1, 0.15) is 30.0 Å². The lowest BCUT2D eigenvalue weighted by Crippen LogP contribution is -1.93. The lowest BCUT2D eigenvalue weighted by Gasteiger charge is -2.08. The molecular formula is C11H13N. The first-order valence-corrected chi connectivity index (χ1v) is 4.44. The molecule has 0 aromatic carbocycles. The van der Waals surface area contributed by atoms with Crippen LogP contribution in [0.5, 0.6) is 0 Å². The average molecular weight is 159 g/mol. The molecule has 0 atom stereocenters. The summed E-state index contributed by atoms with van der Waals surface area (Å²) in [7, 11) is 0. The molecule has 0 N–H and O–H groups in total. The molecule has 2 rings (SSSR count). The van der Waals surface area contributed by atoms with Gasteiger partial charge < -0.3 is 0 Å². The van der Waals surface area contributed by atoms with E-state index in [2.05, 4.69) is 29.3 Å². The van der Waals surface area contributed by atoms with Crippen LogP contribution in [0.15, 0.2) is 30.5 Å². The standard InChI is InChI=1S/C11H13N/c1-9-6-7-11(8-12-9)10-4-2-3-5-10/h2-3,6-8,10H,4-5H2,1H3. The van der Waals surface area contributed by atoms with Crippen molar-refractivity contribution in [3.63, 3.8) is 0 Å². The first kappa shape index (κ1) is 7.53. The van der Waals surface area contributed by atoms with Crippen molar-refractivity contribution < 1.29 is 0 Å². The van der Waals surface area contributed by atoms with E-state index in [-0.39, 0.29) is 0 Å². The highest BCUT2D eigenvalue weighted by Crippen LogP contribution is 2.28. The summed E-state index contributed by atoms with van der Waals surface area (Å²) in [6, 6.07) is 4.29. The van der Waals surface area contributed by atoms with E-state index in [1.807, 2.05) is 13.1 Å². The smallest absolute Gasteiger partial charge is 0.0372 e. The fourth-order valence-corrected chi connectivity index (χ4v) is 1.61. The van der Waals surface area contributed by atoms with E-state index in [0.29, 0.717) is 5.92 Å². The number of aryl methyl sites for hydroxylation is 1. The van der Waals surface area contributed by atoms with Gasteiger partial charge in [0.25, 0.3) is 0 Å². The van der Waals surface area contributed by atoms with Crippen LogP contribution in [-0.2, 0) is 0 Å². The zero-order valence-corrected chi connectivity index (χ0v) is 7.33. The summed E-state index contributed by atoms with van der Waals surface area (Å²) in [5.74, 6) is 0.693. The molecule has 62 valence electrons. The van der Waals surface area contributed by atoms with Crippen molar-refractivity contribution in [3.8, 4) is 0 Å². The third kappa shape index (κ3) is 1.40. The van der Waals surface area contributed by atoms with Gasteiger partial charge in [-0.15, -0.1) is 0 Å². The molecule has 0 fully saturated rings. The van der Waals surface area contributed by atoms with E-state index < -0.39 is 0 Å². The molecule has 0 saturated heterocycles. The van der Waals surface area contributed by atoms with Crippen molar-refractivity contribution >= 4 is 0 Å². The Balaban J connectivity index is 2.18. The third-order valence-corrected chi connectivity index (χ3v) is 2.41. The number of hydrogen-bond acceptors (Lipinski definition) is 1. The lowest BCUT2D eigenvalue weighted by molar-refractivity contribution is 0.748. The van der Waals surface area contributed by atoms with Crippen LogP contribution in [-0.4, -0.2) is 4.98 Å². The van der Waals surface area contributed by atoms with Gasteiger partial charge in [-0.25, -0.2) is 0 Å². The molecule has 1 aromatic rings. The molecule has 1 aromatic heterocycles. The van der Waals surface area contributed by atoms with Crippen molar-refractivity contribution in [2.24, 2.45) is 0 Å². The van der Waals surface area contributed by atoms with Gasteiger partial charge in [0.2, 0.25) is 0 Å². The van der Waals surface area contributed by atoms with E-state index in [1.165, 1.54) is 18.4 Å². The van der Waals surface area contributed by atoms with Crippen LogP contribution >= 0.6 is 0 Å². The normalized spacial score (nSPS) is 17.1. The minimum absolute atomic E-state index is 0.693. The van der Waals surface area contributed by atoms with Crippen molar-refractivity contribution in [1.82, 2.24) is 4.98 Å². The van der Waals surface area contributed by atoms with Gasteiger partial charge in [0.1, 0.15) is 0 Å². The Morgan fingerprint density at radius 3 is 2.58 bits per heavy atom. The topological polar surface area (TPSA) is 12.9 Å². The summed E-state index contributed by atoms with van der Waals surface area (Å²) in [6.07, 6.45) is 8.89. The molecule has 0 unspecified atom stereocenters. The maximum Gasteiger partial charge on any atom is 0.0372 e. The predicted molar refractivity (Wildman–Crippen MR) is 50.1 cm³/mol. The first-order chi connectivity index (χ1) is 5.86. The van der Waals surface area contributed by atoms with Crippen molar-refractivity contribution in [3.05, 3.63) is 41.7 Å². The van der Waals surface area contributed by atoms with Gasteiger partial charge in [-0.3, -0.25) is 4.98 Å². The maximum atomic E-state index is 4.30. The minimum atomic E-state index is 0.693. The summed E-state index contributed by atoms with van der Waals surface area (Å²) in [5, 5.41) is 0. The quantitative estimate of drug-likeness (QED) is 0.574. The van der Waals surface area contributed by atoms with Gasteiger partial charge in [0, 0.05) is 11.9 Å². The van der Waals surface area contributed by atoms with Crippen LogP contribution in [0.2, 0.25) is 0 Å². The number of pyridine rings is 1. The molecule has 1 heteroatoms. The summed E-state index contributed by atoms with van der Waals surface area (Å²) < 4.78 is 0. The highest BCUT2D eigenvalue weighted by atomic mass is 14.7. The minimum Gasteiger partial charge on any atom is -0.261 e. The lowest BCUT2D eigenvalue weighted by atomic mass is 9.99. The highest BCUT2D eigenvalue weighted by molar-refractivity contribution is 5.21. The van der Waals surface area contributed by atoms with Crippen LogP contribution in [0.3, 0.4) is 0 Å². The van der Waals surface area contributed by atoms with Crippen molar-refractivity contribution in [1.29, 1.82) is 0 Å². The largest absolute Gasteiger partial charge is 0.261 e. The van der Waals surface area contributed by atoms with Crippen molar-refractivity contribution in [2.75, 3.05) is 0 Å². The fourth-order valence-electron chi connectivity index (χ4n) is 1.61. The third-order valence-electron chi connectivity index (χ3n) is 2.41. The molecule has 0 bridgehead atoms. The molecule has 1 heterocycles. The number of nitrogens with zero attached hydrogens (tertiary/aromatic N) is 1. The summed E-state index contributed by atoms with van der Waals surface area (Å²) in [6.45, 7) is 2.02. The molecule has 12 heavy (non-hydrogen) atoms. The molecule has 0 aliphatic heterocycles. The Hall–Kier alpha value is -1.11. The Bertz CT molecular complexity index is 276. The van der Waals surface area contributed by atoms with E-state index >= 15 is 0 Å². The molecule has 1 aliphatic carbocycles. The molecular weight excluding hydrogens is 146 g/mol. The number of hydrogen-bond donors (Lipinski definition) is 0. The SMILES string of the molecule is Cc1ccc(C2CC=CC2)cn1. The molecule has 0 radical (unpaired) electrons. The molecule has 1 nitrogen and oxygen atoms in total. The predicted octanol–water partition coefficient (Wildman–Crippen LogP) is 2.82. The summed E-state index contributed by atoms with van der Waals surface area (Å²) >= 11 is 0. The second kappa shape index (κ2) is 3.10. The maximum absolute atomic E-state index is 4.30. The molecule has 1 aliphatic rings. The number of aromatic nitrogens is 1. The first-order valence-electron chi connectivity index (χ1n) is 4.44. The van der Waals surface area contributed by atoms with Gasteiger partial charge in [-0.1, -0.05) is 18.2 Å². The summed E-state index contributed by atoms with van der Waals surface area (Å²) in [5.41, 5.74) is 2.48. The van der Waals surface area contributed by atoms with Gasteiger partial charge in [0.15, 0.2) is 0 Å². The van der Waals surface area contributed by atoms with E-state index in [1.54, 1.807) is 0 Å². The molecule has 0 saturated carbocycles. The van der Waals surface area contributed by atoms with Crippen molar-refractivity contribution in [2.45, 2.75) is 25.7 Å². The second-order valence-electron chi connectivity index (χ2n) is 3.37. The van der Waals surface area contributed by atoms with Crippen LogP contribution in [0.4, 0.5) is 0 Å². The monoisotopic (exact) mass is 159 g/mol. The zero-order chi connectivity index (χ0) is 8.39. The zero-order valence-electron chi connectivity index (χ0n) is 7.33. The van der Waals surface area contributed by atoms with Crippen LogP contribution in [0.25, 0.3) is 0 Å². The second-order valence-corrected chi connectivity index (χ2v) is 3.37.